The maximum absolute atomic E-state index is 10.8. The molecular formula is C14H15NO4. The Morgan fingerprint density at radius 2 is 2.11 bits per heavy atom. The summed E-state index contributed by atoms with van der Waals surface area (Å²) in [6.45, 7) is 5.66. The molecule has 0 saturated carbocycles. The van der Waals surface area contributed by atoms with Crippen LogP contribution in [0.3, 0.4) is 0 Å². The second-order valence-corrected chi connectivity index (χ2v) is 4.38. The Morgan fingerprint density at radius 1 is 1.37 bits per heavy atom. The van der Waals surface area contributed by atoms with Gasteiger partial charge in [-0.25, -0.2) is 9.78 Å². The van der Waals surface area contributed by atoms with Crippen LogP contribution in [0.1, 0.15) is 33.3 Å². The summed E-state index contributed by atoms with van der Waals surface area (Å²) in [6.07, 6.45) is 0. The lowest BCUT2D eigenvalue weighted by Gasteiger charge is -2.07. The Hall–Kier alpha value is -2.30. The standard InChI is InChI=1S/C14H15NO4/c1-8-4-5-11(9(2)6-8)18-7-12-15-10(3)13(19-12)14(16)17/h4-6H,7H2,1-3H3,(H,16,17). The van der Waals surface area contributed by atoms with Crippen molar-refractivity contribution in [2.45, 2.75) is 27.4 Å². The molecule has 1 aromatic heterocycles. The Kier molecular flexibility index (Phi) is 3.55. The largest absolute Gasteiger partial charge is 0.484 e. The number of hydrogen-bond acceptors (Lipinski definition) is 4. The summed E-state index contributed by atoms with van der Waals surface area (Å²) in [5, 5.41) is 8.86. The van der Waals surface area contributed by atoms with E-state index in [0.717, 1.165) is 16.9 Å². The predicted molar refractivity (Wildman–Crippen MR) is 68.4 cm³/mol. The second-order valence-electron chi connectivity index (χ2n) is 4.38. The number of hydrogen-bond donors (Lipinski definition) is 1. The molecule has 0 aliphatic carbocycles. The molecule has 0 aliphatic heterocycles. The topological polar surface area (TPSA) is 72.6 Å². The third-order valence-corrected chi connectivity index (χ3v) is 2.72. The minimum absolute atomic E-state index is 0.109. The van der Waals surface area contributed by atoms with E-state index < -0.39 is 5.97 Å². The summed E-state index contributed by atoms with van der Waals surface area (Å²) in [5.74, 6) is -0.268. The molecule has 5 heteroatoms. The van der Waals surface area contributed by atoms with E-state index in [2.05, 4.69) is 4.98 Å². The highest BCUT2D eigenvalue weighted by molar-refractivity contribution is 5.85. The first kappa shape index (κ1) is 13.1. The maximum Gasteiger partial charge on any atom is 0.373 e. The minimum atomic E-state index is -1.12. The zero-order valence-electron chi connectivity index (χ0n) is 11.1. The van der Waals surface area contributed by atoms with Gasteiger partial charge in [0.25, 0.3) is 0 Å². The van der Waals surface area contributed by atoms with E-state index in [4.69, 9.17) is 14.3 Å². The van der Waals surface area contributed by atoms with Crippen LogP contribution >= 0.6 is 0 Å². The number of carboxylic acids is 1. The number of rotatable bonds is 4. The summed E-state index contributed by atoms with van der Waals surface area (Å²) in [7, 11) is 0. The molecule has 5 nitrogen and oxygen atoms in total. The average Bonchev–Trinajstić information content (AvgIpc) is 2.69. The Balaban J connectivity index is 2.10. The van der Waals surface area contributed by atoms with Gasteiger partial charge in [0.15, 0.2) is 6.61 Å². The fraction of sp³-hybridized carbons (Fsp3) is 0.286. The molecule has 0 spiro atoms. The molecule has 2 aromatic rings. The van der Waals surface area contributed by atoms with E-state index in [1.165, 1.54) is 0 Å². The van der Waals surface area contributed by atoms with Crippen molar-refractivity contribution in [1.82, 2.24) is 4.98 Å². The van der Waals surface area contributed by atoms with Crippen molar-refractivity contribution in [3.05, 3.63) is 46.7 Å². The third kappa shape index (κ3) is 2.93. The van der Waals surface area contributed by atoms with E-state index in [1.807, 2.05) is 32.0 Å². The molecule has 0 unspecified atom stereocenters. The lowest BCUT2D eigenvalue weighted by atomic mass is 10.1. The predicted octanol–water partition coefficient (Wildman–Crippen LogP) is 2.88. The van der Waals surface area contributed by atoms with Crippen LogP contribution in [0.2, 0.25) is 0 Å². The van der Waals surface area contributed by atoms with Crippen LogP contribution in [0, 0.1) is 20.8 Å². The quantitative estimate of drug-likeness (QED) is 0.916. The molecule has 0 fully saturated rings. The molecule has 2 rings (SSSR count). The fourth-order valence-corrected chi connectivity index (χ4v) is 1.81. The smallest absolute Gasteiger partial charge is 0.373 e. The van der Waals surface area contributed by atoms with Crippen LogP contribution in [0.4, 0.5) is 0 Å². The first-order chi connectivity index (χ1) is 8.97. The highest BCUT2D eigenvalue weighted by Gasteiger charge is 2.16. The van der Waals surface area contributed by atoms with Crippen molar-refractivity contribution in [2.75, 3.05) is 0 Å². The van der Waals surface area contributed by atoms with Crippen molar-refractivity contribution in [3.63, 3.8) is 0 Å². The molecule has 0 amide bonds. The summed E-state index contributed by atoms with van der Waals surface area (Å²) in [6, 6.07) is 5.84. The summed E-state index contributed by atoms with van der Waals surface area (Å²) < 4.78 is 10.7. The van der Waals surface area contributed by atoms with Gasteiger partial charge < -0.3 is 14.3 Å². The number of aryl methyl sites for hydroxylation is 3. The molecule has 0 saturated heterocycles. The van der Waals surface area contributed by atoms with Gasteiger partial charge in [-0.2, -0.15) is 0 Å². The molecule has 1 N–H and O–H groups in total. The van der Waals surface area contributed by atoms with Gasteiger partial charge in [0.2, 0.25) is 11.7 Å². The first-order valence-electron chi connectivity index (χ1n) is 5.87. The van der Waals surface area contributed by atoms with Crippen molar-refractivity contribution < 1.29 is 19.1 Å². The van der Waals surface area contributed by atoms with E-state index in [-0.39, 0.29) is 18.3 Å². The highest BCUT2D eigenvalue weighted by Crippen LogP contribution is 2.20. The molecular weight excluding hydrogens is 246 g/mol. The third-order valence-electron chi connectivity index (χ3n) is 2.72. The number of carbonyl (C=O) groups is 1. The van der Waals surface area contributed by atoms with E-state index in [9.17, 15) is 4.79 Å². The normalized spacial score (nSPS) is 10.5. The molecule has 0 aliphatic rings. The van der Waals surface area contributed by atoms with E-state index >= 15 is 0 Å². The van der Waals surface area contributed by atoms with Gasteiger partial charge in [-0.05, 0) is 32.4 Å². The lowest BCUT2D eigenvalue weighted by molar-refractivity contribution is 0.0657. The molecule has 1 aromatic carbocycles. The molecule has 0 bridgehead atoms. The molecule has 100 valence electrons. The number of oxazole rings is 1. The van der Waals surface area contributed by atoms with Gasteiger partial charge in [0, 0.05) is 0 Å². The van der Waals surface area contributed by atoms with Gasteiger partial charge >= 0.3 is 5.97 Å². The fourth-order valence-electron chi connectivity index (χ4n) is 1.81. The molecule has 19 heavy (non-hydrogen) atoms. The van der Waals surface area contributed by atoms with Gasteiger partial charge in [-0.3, -0.25) is 0 Å². The van der Waals surface area contributed by atoms with Crippen LogP contribution < -0.4 is 4.74 Å². The van der Waals surface area contributed by atoms with Gasteiger partial charge in [-0.1, -0.05) is 17.7 Å². The molecule has 1 heterocycles. The van der Waals surface area contributed by atoms with Crippen molar-refractivity contribution in [1.29, 1.82) is 0 Å². The number of nitrogens with zero attached hydrogens (tertiary/aromatic N) is 1. The molecule has 0 radical (unpaired) electrons. The Labute approximate surface area is 110 Å². The van der Waals surface area contributed by atoms with Gasteiger partial charge in [0.05, 0.1) is 5.69 Å². The first-order valence-corrected chi connectivity index (χ1v) is 5.87. The lowest BCUT2D eigenvalue weighted by Crippen LogP contribution is -1.97. The summed E-state index contributed by atoms with van der Waals surface area (Å²) >= 11 is 0. The zero-order chi connectivity index (χ0) is 14.0. The van der Waals surface area contributed by atoms with Crippen LogP contribution in [-0.4, -0.2) is 16.1 Å². The number of aromatic carboxylic acids is 1. The van der Waals surface area contributed by atoms with Crippen LogP contribution in [0.15, 0.2) is 22.6 Å². The summed E-state index contributed by atoms with van der Waals surface area (Å²) in [4.78, 5) is 14.8. The number of carboxylic acid groups (broad SMARTS) is 1. The monoisotopic (exact) mass is 261 g/mol. The maximum atomic E-state index is 10.8. The van der Waals surface area contributed by atoms with E-state index in [0.29, 0.717) is 5.69 Å². The van der Waals surface area contributed by atoms with Gasteiger partial charge in [-0.15, -0.1) is 0 Å². The van der Waals surface area contributed by atoms with Crippen molar-refractivity contribution in [3.8, 4) is 5.75 Å². The second kappa shape index (κ2) is 5.14. The van der Waals surface area contributed by atoms with Gasteiger partial charge in [0.1, 0.15) is 5.75 Å². The SMILES string of the molecule is Cc1ccc(OCc2nc(C)c(C(=O)O)o2)c(C)c1. The Bertz CT molecular complexity index is 616. The minimum Gasteiger partial charge on any atom is -0.484 e. The highest BCUT2D eigenvalue weighted by atomic mass is 16.5. The van der Waals surface area contributed by atoms with Crippen molar-refractivity contribution in [2.24, 2.45) is 0 Å². The van der Waals surface area contributed by atoms with Crippen LogP contribution in [0.25, 0.3) is 0 Å². The van der Waals surface area contributed by atoms with Crippen molar-refractivity contribution >= 4 is 5.97 Å². The molecule has 0 atom stereocenters. The average molecular weight is 261 g/mol. The number of benzene rings is 1. The number of ether oxygens (including phenoxy) is 1. The summed E-state index contributed by atoms with van der Waals surface area (Å²) in [5.41, 5.74) is 2.53. The van der Waals surface area contributed by atoms with Crippen LogP contribution in [0.5, 0.6) is 5.75 Å². The zero-order valence-corrected chi connectivity index (χ0v) is 11.1. The van der Waals surface area contributed by atoms with E-state index in [1.54, 1.807) is 6.92 Å². The number of aromatic nitrogens is 1. The van der Waals surface area contributed by atoms with Crippen LogP contribution in [-0.2, 0) is 6.61 Å². The Morgan fingerprint density at radius 3 is 2.68 bits per heavy atom.